The Hall–Kier alpha value is -1.10. The maximum atomic E-state index is 10.2. The summed E-state index contributed by atoms with van der Waals surface area (Å²) in [7, 11) is 0. The number of likely N-dealkylation sites (tertiary alicyclic amines) is 1. The second-order valence-electron chi connectivity index (χ2n) is 9.28. The second kappa shape index (κ2) is 11.0. The summed E-state index contributed by atoms with van der Waals surface area (Å²) in [5, 5.41) is 12.4. The van der Waals surface area contributed by atoms with Gasteiger partial charge in [0.15, 0.2) is 0 Å². The van der Waals surface area contributed by atoms with Crippen molar-refractivity contribution in [2.75, 3.05) is 39.3 Å². The molecule has 1 fully saturated rings. The van der Waals surface area contributed by atoms with Crippen molar-refractivity contribution >= 4 is 0 Å². The topological polar surface area (TPSA) is 50.5 Å². The number of aliphatic hydroxyl groups is 1. The molecule has 1 aliphatic rings. The molecule has 0 radical (unpaired) electrons. The van der Waals surface area contributed by atoms with Crippen LogP contribution in [0, 0.1) is 6.92 Å². The molecule has 27 heavy (non-hydrogen) atoms. The first-order chi connectivity index (χ1) is 12.9. The quantitative estimate of drug-likeness (QED) is 0.570. The third-order valence-electron chi connectivity index (χ3n) is 5.66. The molecule has 1 aliphatic heterocycles. The van der Waals surface area contributed by atoms with Gasteiger partial charge >= 0.3 is 0 Å². The van der Waals surface area contributed by atoms with Crippen LogP contribution in [0.15, 0.2) is 18.2 Å². The first-order valence-corrected chi connectivity index (χ1v) is 10.9. The lowest BCUT2D eigenvalue weighted by molar-refractivity contribution is -0.900. The van der Waals surface area contributed by atoms with Crippen molar-refractivity contribution in [3.63, 3.8) is 0 Å². The normalized spacial score (nSPS) is 17.5. The minimum absolute atomic E-state index is 0.146. The number of hydrogen-bond donors (Lipinski definition) is 3. The molecule has 0 unspecified atom stereocenters. The highest BCUT2D eigenvalue weighted by Gasteiger charge is 2.16. The number of nitrogens with one attached hydrogen (secondary N) is 1. The summed E-state index contributed by atoms with van der Waals surface area (Å²) in [5.74, 6) is 0.881. The van der Waals surface area contributed by atoms with Crippen LogP contribution in [0.5, 0.6) is 5.75 Å². The van der Waals surface area contributed by atoms with E-state index in [1.54, 1.807) is 4.90 Å². The highest BCUT2D eigenvalue weighted by molar-refractivity contribution is 5.38. The van der Waals surface area contributed by atoms with Crippen molar-refractivity contribution in [3.8, 4) is 5.75 Å². The fourth-order valence-electron chi connectivity index (χ4n) is 3.82. The number of hydrogen-bond acceptors (Lipinski definition) is 2. The Bertz CT molecular complexity index is 546. The molecular weight excluding hydrogens is 336 g/mol. The van der Waals surface area contributed by atoms with Crippen LogP contribution in [0.3, 0.4) is 0 Å². The second-order valence-corrected chi connectivity index (χ2v) is 9.28. The van der Waals surface area contributed by atoms with E-state index in [1.165, 1.54) is 57.3 Å². The first kappa shape index (κ1) is 22.2. The average Bonchev–Trinajstić information content (AvgIpc) is 2.88. The molecule has 154 valence electrons. The minimum atomic E-state index is -0.419. The Balaban J connectivity index is 1.61. The highest BCUT2D eigenvalue weighted by Crippen LogP contribution is 2.27. The van der Waals surface area contributed by atoms with Gasteiger partial charge in [-0.3, -0.25) is 0 Å². The predicted molar refractivity (Wildman–Crippen MR) is 112 cm³/mol. The van der Waals surface area contributed by atoms with Crippen molar-refractivity contribution in [2.45, 2.75) is 71.3 Å². The first-order valence-electron chi connectivity index (χ1n) is 10.9. The summed E-state index contributed by atoms with van der Waals surface area (Å²) in [6.07, 6.45) is 6.44. The van der Waals surface area contributed by atoms with Gasteiger partial charge in [0.25, 0.3) is 0 Å². The molecule has 0 aliphatic carbocycles. The Labute approximate surface area is 166 Å². The van der Waals surface area contributed by atoms with Gasteiger partial charge in [0.2, 0.25) is 0 Å². The molecule has 0 amide bonds. The lowest BCUT2D eigenvalue weighted by atomic mass is 9.86. The van der Waals surface area contributed by atoms with Gasteiger partial charge < -0.3 is 20.1 Å². The summed E-state index contributed by atoms with van der Waals surface area (Å²) in [5.41, 5.74) is 2.60. The van der Waals surface area contributed by atoms with Gasteiger partial charge in [-0.2, -0.15) is 0 Å². The molecular formula is C23H42N2O2+2. The lowest BCUT2D eigenvalue weighted by Gasteiger charge is -2.21. The van der Waals surface area contributed by atoms with Crippen LogP contribution >= 0.6 is 0 Å². The Morgan fingerprint density at radius 3 is 2.48 bits per heavy atom. The summed E-state index contributed by atoms with van der Waals surface area (Å²) >= 11 is 0. The SMILES string of the molecule is Cc1cc(C(C)(C)C)ccc1OC[C@@H](O)C[NH2+]CCC[NH+]1CCCCCC1. The van der Waals surface area contributed by atoms with Gasteiger partial charge in [0.1, 0.15) is 25.0 Å². The molecule has 2 rings (SSSR count). The zero-order valence-electron chi connectivity index (χ0n) is 18.0. The summed E-state index contributed by atoms with van der Waals surface area (Å²) < 4.78 is 5.86. The number of aliphatic hydroxyl groups excluding tert-OH is 1. The van der Waals surface area contributed by atoms with Gasteiger partial charge in [-0.1, -0.05) is 32.9 Å². The summed E-state index contributed by atoms with van der Waals surface area (Å²) in [6.45, 7) is 14.9. The van der Waals surface area contributed by atoms with Gasteiger partial charge in [-0.25, -0.2) is 0 Å². The summed E-state index contributed by atoms with van der Waals surface area (Å²) in [6, 6.07) is 6.36. The fourth-order valence-corrected chi connectivity index (χ4v) is 3.82. The number of ether oxygens (including phenoxy) is 1. The largest absolute Gasteiger partial charge is 0.490 e. The number of aryl methyl sites for hydroxylation is 1. The van der Waals surface area contributed by atoms with Gasteiger partial charge in [0, 0.05) is 6.42 Å². The number of benzene rings is 1. The highest BCUT2D eigenvalue weighted by atomic mass is 16.5. The Kier molecular flexibility index (Phi) is 9.07. The molecule has 0 aromatic heterocycles. The molecule has 0 spiro atoms. The number of rotatable bonds is 9. The number of quaternary nitrogens is 2. The third kappa shape index (κ3) is 8.20. The maximum Gasteiger partial charge on any atom is 0.137 e. The van der Waals surface area contributed by atoms with Crippen molar-refractivity contribution < 1.29 is 20.1 Å². The molecule has 1 aromatic carbocycles. The van der Waals surface area contributed by atoms with Gasteiger partial charge in [0.05, 0.1) is 26.2 Å². The molecule has 1 aromatic rings. The standard InChI is InChI=1S/C23H40N2O2/c1-19-16-20(23(2,3)4)10-11-22(19)27-18-21(26)17-24-12-9-15-25-13-7-5-6-8-14-25/h10-11,16,21,24,26H,5-9,12-15,17-18H2,1-4H3/p+2/t21-/m0/s1. The summed E-state index contributed by atoms with van der Waals surface area (Å²) in [4.78, 5) is 1.78. The zero-order valence-corrected chi connectivity index (χ0v) is 18.0. The van der Waals surface area contributed by atoms with Gasteiger partial charge in [-0.05, 0) is 55.2 Å². The van der Waals surface area contributed by atoms with Crippen LogP contribution in [-0.2, 0) is 5.41 Å². The molecule has 1 atom stereocenters. The van der Waals surface area contributed by atoms with E-state index in [1.807, 2.05) is 6.07 Å². The van der Waals surface area contributed by atoms with Crippen molar-refractivity contribution in [3.05, 3.63) is 29.3 Å². The van der Waals surface area contributed by atoms with E-state index in [9.17, 15) is 5.11 Å². The number of nitrogens with two attached hydrogens (primary N) is 1. The van der Waals surface area contributed by atoms with Crippen LogP contribution < -0.4 is 15.0 Å². The van der Waals surface area contributed by atoms with E-state index in [2.05, 4.69) is 45.1 Å². The van der Waals surface area contributed by atoms with Crippen molar-refractivity contribution in [1.29, 1.82) is 0 Å². The van der Waals surface area contributed by atoms with Crippen molar-refractivity contribution in [1.82, 2.24) is 0 Å². The maximum absolute atomic E-state index is 10.2. The molecule has 0 bridgehead atoms. The molecule has 4 nitrogen and oxygen atoms in total. The van der Waals surface area contributed by atoms with E-state index >= 15 is 0 Å². The van der Waals surface area contributed by atoms with Gasteiger partial charge in [-0.15, -0.1) is 0 Å². The van der Waals surface area contributed by atoms with Crippen LogP contribution in [0.4, 0.5) is 0 Å². The lowest BCUT2D eigenvalue weighted by Crippen LogP contribution is -3.12. The Morgan fingerprint density at radius 1 is 1.15 bits per heavy atom. The molecule has 0 saturated carbocycles. The third-order valence-corrected chi connectivity index (χ3v) is 5.66. The van der Waals surface area contributed by atoms with Crippen LogP contribution in [0.25, 0.3) is 0 Å². The van der Waals surface area contributed by atoms with Crippen molar-refractivity contribution in [2.24, 2.45) is 0 Å². The van der Waals surface area contributed by atoms with Crippen LogP contribution in [0.2, 0.25) is 0 Å². The van der Waals surface area contributed by atoms with E-state index in [4.69, 9.17) is 4.74 Å². The smallest absolute Gasteiger partial charge is 0.137 e. The fraction of sp³-hybridized carbons (Fsp3) is 0.739. The van der Waals surface area contributed by atoms with Crippen LogP contribution in [-0.4, -0.2) is 50.5 Å². The van der Waals surface area contributed by atoms with E-state index in [-0.39, 0.29) is 5.41 Å². The average molecular weight is 379 g/mol. The monoisotopic (exact) mass is 378 g/mol. The van der Waals surface area contributed by atoms with E-state index in [0.29, 0.717) is 13.2 Å². The van der Waals surface area contributed by atoms with E-state index in [0.717, 1.165) is 17.9 Å². The minimum Gasteiger partial charge on any atom is -0.490 e. The zero-order chi connectivity index (χ0) is 19.7. The molecule has 4 heteroatoms. The molecule has 1 heterocycles. The predicted octanol–water partition coefficient (Wildman–Crippen LogP) is 1.44. The molecule has 4 N–H and O–H groups in total. The Morgan fingerprint density at radius 2 is 1.85 bits per heavy atom. The van der Waals surface area contributed by atoms with E-state index < -0.39 is 6.10 Å². The van der Waals surface area contributed by atoms with Crippen LogP contribution in [0.1, 0.15) is 64.0 Å². The molecule has 1 saturated heterocycles.